The Bertz CT molecular complexity index is 1220. The minimum Gasteiger partial charge on any atom is -0.497 e. The van der Waals surface area contributed by atoms with Crippen LogP contribution in [0.5, 0.6) is 11.5 Å². The lowest BCUT2D eigenvalue weighted by atomic mass is 10.2. The highest BCUT2D eigenvalue weighted by molar-refractivity contribution is 5.66. The Morgan fingerprint density at radius 2 is 1.81 bits per heavy atom. The van der Waals surface area contributed by atoms with Crippen LogP contribution in [-0.2, 0) is 19.4 Å². The van der Waals surface area contributed by atoms with Crippen molar-refractivity contribution in [2.45, 2.75) is 25.8 Å². The van der Waals surface area contributed by atoms with Crippen molar-refractivity contribution in [3.63, 3.8) is 0 Å². The molecule has 3 heterocycles. The van der Waals surface area contributed by atoms with E-state index < -0.39 is 0 Å². The zero-order chi connectivity index (χ0) is 21.9. The number of anilines is 2. The second kappa shape index (κ2) is 8.66. The summed E-state index contributed by atoms with van der Waals surface area (Å²) in [5.41, 5.74) is 5.38. The number of hydrogen-bond donors (Lipinski definition) is 1. The fraction of sp³-hybridized carbons (Fsp3) is 0.250. The summed E-state index contributed by atoms with van der Waals surface area (Å²) in [5, 5.41) is 8.22. The second-order valence-electron chi connectivity index (χ2n) is 7.60. The Labute approximate surface area is 186 Å². The highest BCUT2D eigenvalue weighted by Gasteiger charge is 2.25. The van der Waals surface area contributed by atoms with Crippen molar-refractivity contribution in [2.24, 2.45) is 0 Å². The van der Waals surface area contributed by atoms with Crippen LogP contribution in [0.25, 0.3) is 11.5 Å². The van der Waals surface area contributed by atoms with Crippen LogP contribution in [-0.4, -0.2) is 39.0 Å². The summed E-state index contributed by atoms with van der Waals surface area (Å²) < 4.78 is 12.8. The summed E-state index contributed by atoms with van der Waals surface area (Å²) >= 11 is 0. The van der Waals surface area contributed by atoms with Crippen molar-refractivity contribution in [3.8, 4) is 23.0 Å². The standard InChI is InChI=1S/C24H24N6O2/c1-31-18-8-6-16(7-9-18)15-30-20-5-3-4-19(20)22(29-30)24-26-14-21(32-2)23(28-24)27-17-10-12-25-13-11-17/h6-14H,3-5,15H2,1-2H3,(H,25,26,27,28). The molecule has 1 aromatic carbocycles. The van der Waals surface area contributed by atoms with Gasteiger partial charge < -0.3 is 14.8 Å². The molecular weight excluding hydrogens is 404 g/mol. The third-order valence-electron chi connectivity index (χ3n) is 5.63. The summed E-state index contributed by atoms with van der Waals surface area (Å²) in [6.45, 7) is 0.699. The molecule has 0 aliphatic heterocycles. The van der Waals surface area contributed by atoms with Crippen LogP contribution in [0.2, 0.25) is 0 Å². The Morgan fingerprint density at radius 1 is 1.00 bits per heavy atom. The molecule has 1 N–H and O–H groups in total. The van der Waals surface area contributed by atoms with Crippen LogP contribution in [0.1, 0.15) is 23.2 Å². The Morgan fingerprint density at radius 3 is 2.56 bits per heavy atom. The third kappa shape index (κ3) is 3.87. The first-order chi connectivity index (χ1) is 15.7. The molecule has 0 bridgehead atoms. The van der Waals surface area contributed by atoms with Crippen molar-refractivity contribution in [3.05, 3.63) is 71.8 Å². The number of fused-ring (bicyclic) bond motifs is 1. The molecule has 0 radical (unpaired) electrons. The number of ether oxygens (including phenoxy) is 2. The molecule has 8 nitrogen and oxygen atoms in total. The molecule has 8 heteroatoms. The molecule has 0 atom stereocenters. The van der Waals surface area contributed by atoms with Crippen LogP contribution in [0.3, 0.4) is 0 Å². The van der Waals surface area contributed by atoms with E-state index in [2.05, 4.69) is 32.1 Å². The molecule has 0 saturated carbocycles. The van der Waals surface area contributed by atoms with Gasteiger partial charge in [0.15, 0.2) is 17.4 Å². The predicted octanol–water partition coefficient (Wildman–Crippen LogP) is 4.03. The molecular formula is C24H24N6O2. The number of methoxy groups -OCH3 is 2. The van der Waals surface area contributed by atoms with Crippen LogP contribution < -0.4 is 14.8 Å². The lowest BCUT2D eigenvalue weighted by molar-refractivity contribution is 0.413. The van der Waals surface area contributed by atoms with Crippen LogP contribution in [0.4, 0.5) is 11.5 Å². The summed E-state index contributed by atoms with van der Waals surface area (Å²) in [6, 6.07) is 11.8. The summed E-state index contributed by atoms with van der Waals surface area (Å²) in [5.74, 6) is 2.61. The maximum atomic E-state index is 5.47. The van der Waals surface area contributed by atoms with Gasteiger partial charge in [0.25, 0.3) is 0 Å². The van der Waals surface area contributed by atoms with Crippen LogP contribution in [0.15, 0.2) is 55.0 Å². The van der Waals surface area contributed by atoms with E-state index in [4.69, 9.17) is 19.6 Å². The number of aromatic nitrogens is 5. The first kappa shape index (κ1) is 20.0. The number of rotatable bonds is 7. The minimum atomic E-state index is 0.569. The minimum absolute atomic E-state index is 0.569. The Hall–Kier alpha value is -3.94. The molecule has 162 valence electrons. The van der Waals surface area contributed by atoms with Gasteiger partial charge >= 0.3 is 0 Å². The van der Waals surface area contributed by atoms with Gasteiger partial charge in [0.1, 0.15) is 11.4 Å². The normalized spacial score (nSPS) is 12.4. The average Bonchev–Trinajstić information content (AvgIpc) is 3.44. The molecule has 0 spiro atoms. The lowest BCUT2D eigenvalue weighted by Gasteiger charge is -2.11. The topological polar surface area (TPSA) is 87.0 Å². The van der Waals surface area contributed by atoms with Crippen molar-refractivity contribution in [2.75, 3.05) is 19.5 Å². The van der Waals surface area contributed by atoms with E-state index in [1.165, 1.54) is 16.8 Å². The lowest BCUT2D eigenvalue weighted by Crippen LogP contribution is -2.06. The van der Waals surface area contributed by atoms with Crippen LogP contribution in [0, 0.1) is 0 Å². The first-order valence-corrected chi connectivity index (χ1v) is 10.5. The van der Waals surface area contributed by atoms with Crippen LogP contribution >= 0.6 is 0 Å². The average molecular weight is 428 g/mol. The third-order valence-corrected chi connectivity index (χ3v) is 5.63. The quantitative estimate of drug-likeness (QED) is 0.475. The van der Waals surface area contributed by atoms with Gasteiger partial charge in [0, 0.05) is 29.3 Å². The van der Waals surface area contributed by atoms with E-state index in [1.54, 1.807) is 32.8 Å². The highest BCUT2D eigenvalue weighted by atomic mass is 16.5. The fourth-order valence-corrected chi connectivity index (χ4v) is 4.02. The van der Waals surface area contributed by atoms with Crippen molar-refractivity contribution in [1.82, 2.24) is 24.7 Å². The van der Waals surface area contributed by atoms with Gasteiger partial charge in [-0.15, -0.1) is 0 Å². The highest BCUT2D eigenvalue weighted by Crippen LogP contribution is 2.33. The van der Waals surface area contributed by atoms with Gasteiger partial charge in [-0.2, -0.15) is 5.10 Å². The number of nitrogens with zero attached hydrogens (tertiary/aromatic N) is 5. The van der Waals surface area contributed by atoms with E-state index in [0.717, 1.165) is 36.4 Å². The maximum Gasteiger partial charge on any atom is 0.182 e. The number of pyridine rings is 1. The first-order valence-electron chi connectivity index (χ1n) is 10.5. The smallest absolute Gasteiger partial charge is 0.182 e. The maximum absolute atomic E-state index is 5.47. The van der Waals surface area contributed by atoms with E-state index >= 15 is 0 Å². The van der Waals surface area contributed by atoms with Gasteiger partial charge in [-0.05, 0) is 49.1 Å². The van der Waals surface area contributed by atoms with Crippen molar-refractivity contribution >= 4 is 11.5 Å². The molecule has 0 amide bonds. The predicted molar refractivity (Wildman–Crippen MR) is 121 cm³/mol. The molecule has 0 unspecified atom stereocenters. The zero-order valence-corrected chi connectivity index (χ0v) is 18.1. The Kier molecular flexibility index (Phi) is 5.41. The number of benzene rings is 1. The second-order valence-corrected chi connectivity index (χ2v) is 7.60. The van der Waals surface area contributed by atoms with Gasteiger partial charge in [-0.25, -0.2) is 9.97 Å². The molecule has 0 saturated heterocycles. The van der Waals surface area contributed by atoms with E-state index in [0.29, 0.717) is 23.9 Å². The van der Waals surface area contributed by atoms with Gasteiger partial charge in [-0.3, -0.25) is 9.67 Å². The zero-order valence-electron chi connectivity index (χ0n) is 18.1. The molecule has 1 aliphatic carbocycles. The summed E-state index contributed by atoms with van der Waals surface area (Å²) in [6.07, 6.45) is 8.25. The molecule has 32 heavy (non-hydrogen) atoms. The number of hydrogen-bond acceptors (Lipinski definition) is 7. The molecule has 4 aromatic rings. The fourth-order valence-electron chi connectivity index (χ4n) is 4.02. The summed E-state index contributed by atoms with van der Waals surface area (Å²) in [4.78, 5) is 13.4. The SMILES string of the molecule is COc1ccc(Cn2nc(-c3ncc(OC)c(Nc4ccncc4)n3)c3c2CCC3)cc1. The monoisotopic (exact) mass is 428 g/mol. The van der Waals surface area contributed by atoms with Gasteiger partial charge in [0.05, 0.1) is 27.0 Å². The molecule has 0 fully saturated rings. The van der Waals surface area contributed by atoms with E-state index in [1.807, 2.05) is 24.3 Å². The largest absolute Gasteiger partial charge is 0.497 e. The van der Waals surface area contributed by atoms with Crippen molar-refractivity contribution in [1.29, 1.82) is 0 Å². The Balaban J connectivity index is 1.49. The van der Waals surface area contributed by atoms with Crippen molar-refractivity contribution < 1.29 is 9.47 Å². The van der Waals surface area contributed by atoms with E-state index in [9.17, 15) is 0 Å². The van der Waals surface area contributed by atoms with Gasteiger partial charge in [0.2, 0.25) is 0 Å². The summed E-state index contributed by atoms with van der Waals surface area (Å²) in [7, 11) is 3.28. The molecule has 5 rings (SSSR count). The van der Waals surface area contributed by atoms with E-state index in [-0.39, 0.29) is 0 Å². The number of nitrogens with one attached hydrogen (secondary N) is 1. The molecule has 1 aliphatic rings. The van der Waals surface area contributed by atoms with Gasteiger partial charge in [-0.1, -0.05) is 12.1 Å². The molecule has 3 aromatic heterocycles.